The summed E-state index contributed by atoms with van der Waals surface area (Å²) in [7, 11) is 2.85. The lowest BCUT2D eigenvalue weighted by Crippen LogP contribution is -2.52. The van der Waals surface area contributed by atoms with Crippen LogP contribution in [0.3, 0.4) is 0 Å². The molecule has 30 heavy (non-hydrogen) atoms. The molecule has 0 bridgehead atoms. The standard InChI is InChI=1S/C17H13F4N3O5S/c1-26-11-3-4-22-10(14(11)27-2)7-30(25)15-23-8-5-12-13(6-9(8)24-15)29-17(20,21)16(18,19)28-12/h3-6H,7H2,1-2H3,(H,23,24). The monoisotopic (exact) mass is 447 g/mol. The van der Waals surface area contributed by atoms with Gasteiger partial charge in [-0.2, -0.15) is 22.5 Å². The Hall–Kier alpha value is -2.93. The Balaban J connectivity index is 1.65. The second-order valence-electron chi connectivity index (χ2n) is 6.08. The number of nitrogens with one attached hydrogen (secondary N) is 1. The van der Waals surface area contributed by atoms with E-state index in [2.05, 4.69) is 24.4 Å². The van der Waals surface area contributed by atoms with Crippen molar-refractivity contribution in [3.05, 3.63) is 30.1 Å². The molecule has 0 spiro atoms. The van der Waals surface area contributed by atoms with E-state index in [1.165, 1.54) is 20.4 Å². The maximum Gasteiger partial charge on any atom is 0.507 e. The number of pyridine rings is 1. The van der Waals surface area contributed by atoms with Crippen LogP contribution in [0.5, 0.6) is 23.0 Å². The molecule has 3 heterocycles. The SMILES string of the molecule is COc1ccnc(C[S+]([O-])c2nc3cc4c(cc3[nH]2)OC(F)(F)C(F)(F)O4)c1OC. The van der Waals surface area contributed by atoms with Gasteiger partial charge in [-0.1, -0.05) is 0 Å². The molecule has 1 atom stereocenters. The second-order valence-corrected chi connectivity index (χ2v) is 7.45. The molecular weight excluding hydrogens is 434 g/mol. The third-order valence-corrected chi connectivity index (χ3v) is 5.35. The largest absolute Gasteiger partial charge is 0.609 e. The van der Waals surface area contributed by atoms with Gasteiger partial charge >= 0.3 is 17.4 Å². The number of aromatic amines is 1. The molecule has 1 aliphatic rings. The molecule has 3 aromatic rings. The highest BCUT2D eigenvalue weighted by molar-refractivity contribution is 7.90. The van der Waals surface area contributed by atoms with Crippen molar-refractivity contribution in [2.24, 2.45) is 0 Å². The van der Waals surface area contributed by atoms with Gasteiger partial charge in [0.25, 0.3) is 0 Å². The van der Waals surface area contributed by atoms with Gasteiger partial charge in [0.1, 0.15) is 5.69 Å². The van der Waals surface area contributed by atoms with Crippen molar-refractivity contribution in [2.45, 2.75) is 23.1 Å². The number of ether oxygens (including phenoxy) is 4. The molecule has 0 saturated heterocycles. The van der Waals surface area contributed by atoms with Crippen LogP contribution in [0.4, 0.5) is 17.6 Å². The molecular formula is C17H13F4N3O5S. The lowest BCUT2D eigenvalue weighted by atomic mass is 10.2. The molecule has 4 rings (SSSR count). The molecule has 0 amide bonds. The highest BCUT2D eigenvalue weighted by Crippen LogP contribution is 2.48. The van der Waals surface area contributed by atoms with E-state index in [4.69, 9.17) is 9.47 Å². The number of alkyl halides is 4. The van der Waals surface area contributed by atoms with Gasteiger partial charge in [-0.3, -0.25) is 9.97 Å². The number of hydrogen-bond donors (Lipinski definition) is 1. The Kier molecular flexibility index (Phi) is 4.81. The first-order chi connectivity index (χ1) is 14.1. The number of imidazole rings is 1. The molecule has 0 saturated carbocycles. The first-order valence-electron chi connectivity index (χ1n) is 8.27. The van der Waals surface area contributed by atoms with E-state index in [0.717, 1.165) is 12.1 Å². The zero-order valence-electron chi connectivity index (χ0n) is 15.4. The van der Waals surface area contributed by atoms with Crippen LogP contribution in [0.25, 0.3) is 11.0 Å². The van der Waals surface area contributed by atoms with Crippen LogP contribution in [0, 0.1) is 0 Å². The molecule has 0 fully saturated rings. The van der Waals surface area contributed by atoms with E-state index in [0.29, 0.717) is 17.2 Å². The summed E-state index contributed by atoms with van der Waals surface area (Å²) in [5.41, 5.74) is 0.556. The fourth-order valence-electron chi connectivity index (χ4n) is 2.80. The van der Waals surface area contributed by atoms with E-state index in [9.17, 15) is 22.1 Å². The summed E-state index contributed by atoms with van der Waals surface area (Å²) < 4.78 is 84.8. The number of nitrogens with zero attached hydrogens (tertiary/aromatic N) is 2. The summed E-state index contributed by atoms with van der Waals surface area (Å²) in [4.78, 5) is 10.9. The average molecular weight is 447 g/mol. The average Bonchev–Trinajstić information content (AvgIpc) is 3.09. The number of H-pyrrole nitrogens is 1. The first-order valence-corrected chi connectivity index (χ1v) is 9.58. The van der Waals surface area contributed by atoms with Gasteiger partial charge in [0.15, 0.2) is 28.8 Å². The minimum Gasteiger partial charge on any atom is -0.609 e. The zero-order chi connectivity index (χ0) is 21.7. The third kappa shape index (κ3) is 3.33. The summed E-state index contributed by atoms with van der Waals surface area (Å²) in [5, 5.41) is -0.0301. The number of halogens is 4. The molecule has 1 aromatic carbocycles. The quantitative estimate of drug-likeness (QED) is 0.473. The molecule has 13 heteroatoms. The predicted molar refractivity (Wildman–Crippen MR) is 94.7 cm³/mol. The molecule has 1 unspecified atom stereocenters. The van der Waals surface area contributed by atoms with E-state index < -0.39 is 34.9 Å². The Bertz CT molecular complexity index is 1060. The molecule has 8 nitrogen and oxygen atoms in total. The van der Waals surface area contributed by atoms with Gasteiger partial charge in [0, 0.05) is 35.6 Å². The van der Waals surface area contributed by atoms with Crippen LogP contribution in [0.15, 0.2) is 29.6 Å². The van der Waals surface area contributed by atoms with Crippen LogP contribution in [-0.2, 0) is 16.9 Å². The van der Waals surface area contributed by atoms with Crippen molar-refractivity contribution < 1.29 is 41.1 Å². The van der Waals surface area contributed by atoms with Gasteiger partial charge in [0.05, 0.1) is 25.3 Å². The summed E-state index contributed by atoms with van der Waals surface area (Å²) in [6.45, 7) is 0. The Morgan fingerprint density at radius 2 is 1.77 bits per heavy atom. The smallest absolute Gasteiger partial charge is 0.507 e. The van der Waals surface area contributed by atoms with Crippen molar-refractivity contribution in [2.75, 3.05) is 14.2 Å². The van der Waals surface area contributed by atoms with Crippen molar-refractivity contribution >= 4 is 22.2 Å². The van der Waals surface area contributed by atoms with Crippen molar-refractivity contribution in [1.82, 2.24) is 15.0 Å². The fourth-order valence-corrected chi connectivity index (χ4v) is 3.82. The molecule has 1 aliphatic heterocycles. The normalized spacial score (nSPS) is 17.6. The zero-order valence-corrected chi connectivity index (χ0v) is 16.2. The summed E-state index contributed by atoms with van der Waals surface area (Å²) >= 11 is -1.76. The molecule has 1 N–H and O–H groups in total. The Morgan fingerprint density at radius 1 is 1.10 bits per heavy atom. The Labute approximate surface area is 169 Å². The summed E-state index contributed by atoms with van der Waals surface area (Å²) in [6, 6.07) is 3.59. The number of hydrogen-bond acceptors (Lipinski definition) is 7. The maximum atomic E-state index is 13.4. The van der Waals surface area contributed by atoms with Crippen LogP contribution < -0.4 is 18.9 Å². The van der Waals surface area contributed by atoms with Gasteiger partial charge < -0.3 is 23.5 Å². The van der Waals surface area contributed by atoms with Gasteiger partial charge in [-0.05, 0) is 0 Å². The summed E-state index contributed by atoms with van der Waals surface area (Å²) in [6.07, 6.45) is -8.23. The molecule has 0 aliphatic carbocycles. The van der Waals surface area contributed by atoms with Gasteiger partial charge in [0.2, 0.25) is 0 Å². The molecule has 0 radical (unpaired) electrons. The maximum absolute atomic E-state index is 13.4. The first kappa shape index (κ1) is 20.3. The van der Waals surface area contributed by atoms with E-state index in [1.807, 2.05) is 0 Å². The number of rotatable bonds is 5. The van der Waals surface area contributed by atoms with Crippen molar-refractivity contribution in [1.29, 1.82) is 0 Å². The predicted octanol–water partition coefficient (Wildman–Crippen LogP) is 3.24. The van der Waals surface area contributed by atoms with Crippen LogP contribution in [0.1, 0.15) is 5.69 Å². The highest BCUT2D eigenvalue weighted by Gasteiger charge is 2.66. The van der Waals surface area contributed by atoms with Gasteiger partial charge in [-0.25, -0.2) is 0 Å². The van der Waals surface area contributed by atoms with Crippen molar-refractivity contribution in [3.8, 4) is 23.0 Å². The highest BCUT2D eigenvalue weighted by atomic mass is 32.2. The van der Waals surface area contributed by atoms with Crippen molar-refractivity contribution in [3.63, 3.8) is 0 Å². The molecule has 160 valence electrons. The van der Waals surface area contributed by atoms with E-state index in [-0.39, 0.29) is 21.9 Å². The van der Waals surface area contributed by atoms with E-state index in [1.54, 1.807) is 6.07 Å². The van der Waals surface area contributed by atoms with E-state index >= 15 is 0 Å². The topological polar surface area (TPSA) is 102 Å². The third-order valence-electron chi connectivity index (χ3n) is 4.19. The minimum absolute atomic E-state index is 0.0301. The van der Waals surface area contributed by atoms with Crippen LogP contribution in [-0.4, -0.2) is 45.9 Å². The van der Waals surface area contributed by atoms with Gasteiger partial charge in [-0.15, -0.1) is 0 Å². The Morgan fingerprint density at radius 3 is 2.40 bits per heavy atom. The number of benzene rings is 1. The fraction of sp³-hybridized carbons (Fsp3) is 0.294. The molecule has 2 aromatic heterocycles. The summed E-state index contributed by atoms with van der Waals surface area (Å²) in [5.74, 6) is -0.628. The van der Waals surface area contributed by atoms with Crippen LogP contribution >= 0.6 is 0 Å². The lowest BCUT2D eigenvalue weighted by molar-refractivity contribution is -0.391. The number of methoxy groups -OCH3 is 2. The lowest BCUT2D eigenvalue weighted by Gasteiger charge is -2.31. The number of aromatic nitrogens is 3. The minimum atomic E-state index is -4.84. The number of fused-ring (bicyclic) bond motifs is 2. The second kappa shape index (κ2) is 7.09. The van der Waals surface area contributed by atoms with Crippen LogP contribution in [0.2, 0.25) is 0 Å².